The maximum atomic E-state index is 12.8. The van der Waals surface area contributed by atoms with Gasteiger partial charge in [0.2, 0.25) is 0 Å². The van der Waals surface area contributed by atoms with Gasteiger partial charge in [0.15, 0.2) is 0 Å². The second kappa shape index (κ2) is 5.51. The smallest absolute Gasteiger partial charge is 0.393 e. The topological polar surface area (TPSA) is 40.5 Å². The molecule has 1 saturated heterocycles. The number of rotatable bonds is 1. The lowest BCUT2D eigenvalue weighted by molar-refractivity contribution is -0.137. The number of aliphatic hydroxyl groups excluding tert-OH is 1. The molecule has 0 aromatic heterocycles. The zero-order chi connectivity index (χ0) is 16.8. The van der Waals surface area contributed by atoms with Crippen LogP contribution in [-0.4, -0.2) is 34.6 Å². The van der Waals surface area contributed by atoms with Crippen LogP contribution in [0.4, 0.5) is 13.2 Å². The Hall–Kier alpha value is -1.56. The summed E-state index contributed by atoms with van der Waals surface area (Å²) in [4.78, 5) is 14.4. The number of hydrogen-bond acceptors (Lipinski definition) is 2. The molecule has 0 bridgehead atoms. The highest BCUT2D eigenvalue weighted by molar-refractivity contribution is 5.95. The van der Waals surface area contributed by atoms with E-state index in [1.165, 1.54) is 12.1 Å². The van der Waals surface area contributed by atoms with Gasteiger partial charge in [-0.3, -0.25) is 4.79 Å². The molecule has 2 fully saturated rings. The van der Waals surface area contributed by atoms with Crippen molar-refractivity contribution in [3.8, 4) is 0 Å². The standard InChI is InChI=1S/C17H20F3NO2/c1-16-7-8-21(14(16)6-5-13(22)10-16)15(23)11-3-2-4-12(9-11)17(18,19)20/h2-4,9,13-14,22H,5-8,10H2,1H3/t13-,14-,16+/m1/s1. The summed E-state index contributed by atoms with van der Waals surface area (Å²) >= 11 is 0. The summed E-state index contributed by atoms with van der Waals surface area (Å²) in [5.74, 6) is -0.346. The van der Waals surface area contributed by atoms with Gasteiger partial charge in [0.05, 0.1) is 11.7 Å². The number of alkyl halides is 3. The number of amides is 1. The van der Waals surface area contributed by atoms with E-state index in [2.05, 4.69) is 6.92 Å². The number of hydrogen-bond donors (Lipinski definition) is 1. The van der Waals surface area contributed by atoms with E-state index < -0.39 is 11.7 Å². The Labute approximate surface area is 133 Å². The number of carbonyl (C=O) groups excluding carboxylic acids is 1. The fourth-order valence-electron chi connectivity index (χ4n) is 4.04. The van der Waals surface area contributed by atoms with Crippen LogP contribution < -0.4 is 0 Å². The van der Waals surface area contributed by atoms with Gasteiger partial charge < -0.3 is 10.0 Å². The molecule has 3 atom stereocenters. The van der Waals surface area contributed by atoms with Crippen LogP contribution in [0.25, 0.3) is 0 Å². The molecule has 6 heteroatoms. The summed E-state index contributed by atoms with van der Waals surface area (Å²) in [5.41, 5.74) is -0.867. The molecule has 0 radical (unpaired) electrons. The highest BCUT2D eigenvalue weighted by Gasteiger charge is 2.49. The molecular formula is C17H20F3NO2. The van der Waals surface area contributed by atoms with Gasteiger partial charge in [0, 0.05) is 18.2 Å². The zero-order valence-electron chi connectivity index (χ0n) is 12.9. The van der Waals surface area contributed by atoms with Crippen LogP contribution in [0.15, 0.2) is 24.3 Å². The molecule has 1 aliphatic carbocycles. The molecule has 1 aromatic carbocycles. The SMILES string of the molecule is C[C@@]12CCN(C(=O)c3cccc(C(F)(F)F)c3)[C@@H]1CC[C@@H](O)C2. The minimum absolute atomic E-state index is 0.00653. The first kappa shape index (κ1) is 16.3. The highest BCUT2D eigenvalue weighted by Crippen LogP contribution is 2.47. The molecule has 1 aromatic rings. The maximum absolute atomic E-state index is 12.8. The lowest BCUT2D eigenvalue weighted by atomic mass is 9.71. The summed E-state index contributed by atoms with van der Waals surface area (Å²) in [5, 5.41) is 9.86. The predicted molar refractivity (Wildman–Crippen MR) is 78.9 cm³/mol. The third kappa shape index (κ3) is 2.96. The molecule has 1 saturated carbocycles. The third-order valence-electron chi connectivity index (χ3n) is 5.28. The van der Waals surface area contributed by atoms with E-state index in [9.17, 15) is 23.1 Å². The van der Waals surface area contributed by atoms with Gasteiger partial charge in [-0.2, -0.15) is 13.2 Å². The van der Waals surface area contributed by atoms with Crippen molar-refractivity contribution in [3.63, 3.8) is 0 Å². The third-order valence-corrected chi connectivity index (χ3v) is 5.28. The first-order valence-electron chi connectivity index (χ1n) is 7.87. The summed E-state index contributed by atoms with van der Waals surface area (Å²) in [6.45, 7) is 2.59. The van der Waals surface area contributed by atoms with Gasteiger partial charge in [-0.15, -0.1) is 0 Å². The average molecular weight is 327 g/mol. The van der Waals surface area contributed by atoms with Crippen LogP contribution in [0, 0.1) is 5.41 Å². The van der Waals surface area contributed by atoms with Gasteiger partial charge in [-0.1, -0.05) is 13.0 Å². The van der Waals surface area contributed by atoms with Gasteiger partial charge in [0.25, 0.3) is 5.91 Å². The Bertz CT molecular complexity index is 616. The molecule has 2 aliphatic rings. The van der Waals surface area contributed by atoms with Crippen LogP contribution in [0.3, 0.4) is 0 Å². The van der Waals surface area contributed by atoms with Gasteiger partial charge in [0.1, 0.15) is 0 Å². The normalized spacial score (nSPS) is 31.1. The van der Waals surface area contributed by atoms with E-state index in [1.807, 2.05) is 0 Å². The minimum Gasteiger partial charge on any atom is -0.393 e. The predicted octanol–water partition coefficient (Wildman–Crippen LogP) is 3.47. The van der Waals surface area contributed by atoms with Gasteiger partial charge >= 0.3 is 6.18 Å². The number of benzene rings is 1. The van der Waals surface area contributed by atoms with Crippen molar-refractivity contribution in [1.29, 1.82) is 0 Å². The Balaban J connectivity index is 1.84. The van der Waals surface area contributed by atoms with Crippen LogP contribution in [-0.2, 0) is 6.18 Å². The summed E-state index contributed by atoms with van der Waals surface area (Å²) in [7, 11) is 0. The Morgan fingerprint density at radius 1 is 1.35 bits per heavy atom. The van der Waals surface area contributed by atoms with Crippen LogP contribution in [0.5, 0.6) is 0 Å². The van der Waals surface area contributed by atoms with Gasteiger partial charge in [-0.05, 0) is 49.3 Å². The first-order chi connectivity index (χ1) is 10.7. The fraction of sp³-hybridized carbons (Fsp3) is 0.588. The lowest BCUT2D eigenvalue weighted by Gasteiger charge is -2.41. The second-order valence-corrected chi connectivity index (χ2v) is 6.93. The summed E-state index contributed by atoms with van der Waals surface area (Å²) < 4.78 is 38.5. The number of carbonyl (C=O) groups is 1. The van der Waals surface area contributed by atoms with Crippen molar-refractivity contribution in [2.24, 2.45) is 5.41 Å². The van der Waals surface area contributed by atoms with E-state index in [1.54, 1.807) is 4.90 Å². The summed E-state index contributed by atoms with van der Waals surface area (Å²) in [6, 6.07) is 4.60. The molecule has 1 aliphatic heterocycles. The second-order valence-electron chi connectivity index (χ2n) is 6.93. The molecule has 1 N–H and O–H groups in total. The minimum atomic E-state index is -4.45. The van der Waals surface area contributed by atoms with Crippen molar-refractivity contribution in [1.82, 2.24) is 4.90 Å². The Kier molecular flexibility index (Phi) is 3.91. The van der Waals surface area contributed by atoms with E-state index in [-0.39, 0.29) is 29.0 Å². The first-order valence-corrected chi connectivity index (χ1v) is 7.87. The number of fused-ring (bicyclic) bond motifs is 1. The van der Waals surface area contributed by atoms with Crippen molar-refractivity contribution in [2.45, 2.75) is 50.9 Å². The monoisotopic (exact) mass is 327 g/mol. The Morgan fingerprint density at radius 2 is 2.09 bits per heavy atom. The number of likely N-dealkylation sites (tertiary alicyclic amines) is 1. The largest absolute Gasteiger partial charge is 0.416 e. The van der Waals surface area contributed by atoms with Crippen LogP contribution in [0.1, 0.15) is 48.5 Å². The summed E-state index contributed by atoms with van der Waals surface area (Å²) in [6.07, 6.45) is -2.05. The number of nitrogens with zero attached hydrogens (tertiary/aromatic N) is 1. The van der Waals surface area contributed by atoms with E-state index in [0.29, 0.717) is 25.8 Å². The molecule has 1 heterocycles. The van der Waals surface area contributed by atoms with E-state index >= 15 is 0 Å². The Morgan fingerprint density at radius 3 is 2.78 bits per heavy atom. The zero-order valence-corrected chi connectivity index (χ0v) is 12.9. The molecule has 1 amide bonds. The average Bonchev–Trinajstić information content (AvgIpc) is 2.82. The van der Waals surface area contributed by atoms with Gasteiger partial charge in [-0.25, -0.2) is 0 Å². The van der Waals surface area contributed by atoms with E-state index in [0.717, 1.165) is 18.6 Å². The molecule has 0 spiro atoms. The van der Waals surface area contributed by atoms with Crippen LogP contribution in [0.2, 0.25) is 0 Å². The molecular weight excluding hydrogens is 307 g/mol. The quantitative estimate of drug-likeness (QED) is 0.858. The van der Waals surface area contributed by atoms with Crippen molar-refractivity contribution >= 4 is 5.91 Å². The van der Waals surface area contributed by atoms with Crippen molar-refractivity contribution < 1.29 is 23.1 Å². The maximum Gasteiger partial charge on any atom is 0.416 e. The fourth-order valence-corrected chi connectivity index (χ4v) is 4.04. The number of aliphatic hydroxyl groups is 1. The van der Waals surface area contributed by atoms with Crippen LogP contribution >= 0.6 is 0 Å². The van der Waals surface area contributed by atoms with Crippen molar-refractivity contribution in [3.05, 3.63) is 35.4 Å². The van der Waals surface area contributed by atoms with Crippen molar-refractivity contribution in [2.75, 3.05) is 6.54 Å². The number of halogens is 3. The van der Waals surface area contributed by atoms with E-state index in [4.69, 9.17) is 0 Å². The molecule has 3 rings (SSSR count). The molecule has 23 heavy (non-hydrogen) atoms. The highest BCUT2D eigenvalue weighted by atomic mass is 19.4. The molecule has 0 unspecified atom stereocenters. The molecule has 126 valence electrons. The molecule has 3 nitrogen and oxygen atoms in total. The lowest BCUT2D eigenvalue weighted by Crippen LogP contribution is -2.46.